The van der Waals surface area contributed by atoms with E-state index >= 15 is 0 Å². The fourth-order valence-corrected chi connectivity index (χ4v) is 5.42. The van der Waals surface area contributed by atoms with Crippen LogP contribution in [0.15, 0.2) is 29.6 Å². The Morgan fingerprint density at radius 2 is 2.15 bits per heavy atom. The molecule has 1 aromatic carbocycles. The molecule has 1 aliphatic heterocycles. The van der Waals surface area contributed by atoms with Crippen molar-refractivity contribution in [3.63, 3.8) is 0 Å². The average molecular weight is 407 g/mol. The molecule has 1 aromatic heterocycles. The predicted molar refractivity (Wildman–Crippen MR) is 104 cm³/mol. The highest BCUT2D eigenvalue weighted by Gasteiger charge is 2.32. The van der Waals surface area contributed by atoms with E-state index in [0.29, 0.717) is 17.2 Å². The Balaban J connectivity index is 1.63. The molecule has 1 saturated heterocycles. The van der Waals surface area contributed by atoms with Gasteiger partial charge in [0, 0.05) is 17.0 Å². The van der Waals surface area contributed by atoms with Crippen LogP contribution in [-0.2, 0) is 14.6 Å². The maximum atomic E-state index is 13.0. The van der Waals surface area contributed by atoms with E-state index in [0.717, 1.165) is 5.56 Å². The summed E-state index contributed by atoms with van der Waals surface area (Å²) in [5, 5.41) is 4.90. The highest BCUT2D eigenvalue weighted by molar-refractivity contribution is 7.91. The quantitative estimate of drug-likeness (QED) is 0.741. The van der Waals surface area contributed by atoms with Crippen molar-refractivity contribution < 1.29 is 17.6 Å². The maximum Gasteiger partial charge on any atom is 0.240 e. The van der Waals surface area contributed by atoms with E-state index in [1.165, 1.54) is 23.5 Å². The number of rotatable bonds is 6. The average Bonchev–Trinajstić information content (AvgIpc) is 3.21. The Labute approximate surface area is 161 Å². The summed E-state index contributed by atoms with van der Waals surface area (Å²) in [6.45, 7) is 0.197. The zero-order valence-electron chi connectivity index (χ0n) is 14.4. The van der Waals surface area contributed by atoms with Gasteiger partial charge in [0.05, 0.1) is 30.3 Å². The molecule has 3 rings (SSSR count). The molecule has 0 spiro atoms. The zero-order chi connectivity index (χ0) is 19.4. The van der Waals surface area contributed by atoms with Gasteiger partial charge in [0.1, 0.15) is 5.82 Å². The van der Waals surface area contributed by atoms with Crippen molar-refractivity contribution in [2.75, 3.05) is 29.9 Å². The summed E-state index contributed by atoms with van der Waals surface area (Å²) in [6.07, 6.45) is 5.84. The lowest BCUT2D eigenvalue weighted by molar-refractivity contribution is -0.117. The van der Waals surface area contributed by atoms with Crippen LogP contribution in [0, 0.1) is 18.2 Å². The van der Waals surface area contributed by atoms with Gasteiger partial charge in [-0.2, -0.15) is 0 Å². The highest BCUT2D eigenvalue weighted by Crippen LogP contribution is 2.25. The molecule has 1 unspecified atom stereocenters. The van der Waals surface area contributed by atoms with Gasteiger partial charge in [-0.15, -0.1) is 17.8 Å². The zero-order valence-corrected chi connectivity index (χ0v) is 16.0. The smallest absolute Gasteiger partial charge is 0.240 e. The lowest BCUT2D eigenvalue weighted by atomic mass is 10.2. The third-order valence-corrected chi connectivity index (χ3v) is 6.76. The number of nitrogens with one attached hydrogen (secondary N) is 1. The Hall–Kier alpha value is -2.28. The number of aromatic nitrogens is 1. The summed E-state index contributed by atoms with van der Waals surface area (Å²) < 4.78 is 36.4. The number of anilines is 1. The number of terminal acetylenes is 1. The van der Waals surface area contributed by atoms with Gasteiger partial charge in [-0.05, 0) is 30.7 Å². The molecule has 0 bridgehead atoms. The molecule has 142 valence electrons. The molecule has 1 atom stereocenters. The fraction of sp³-hybridized carbons (Fsp3) is 0.333. The van der Waals surface area contributed by atoms with Gasteiger partial charge in [-0.1, -0.05) is 5.92 Å². The molecule has 1 amide bonds. The first kappa shape index (κ1) is 19.5. The van der Waals surface area contributed by atoms with Crippen LogP contribution in [0.25, 0.3) is 11.3 Å². The number of amides is 1. The van der Waals surface area contributed by atoms with E-state index in [-0.39, 0.29) is 42.4 Å². The van der Waals surface area contributed by atoms with Crippen molar-refractivity contribution in [3.8, 4) is 23.6 Å². The molecule has 1 fully saturated rings. The second-order valence-electron chi connectivity index (χ2n) is 6.26. The van der Waals surface area contributed by atoms with Gasteiger partial charge in [0.25, 0.3) is 0 Å². The molecular weight excluding hydrogens is 389 g/mol. The molecular formula is C18H18FN3O3S2. The van der Waals surface area contributed by atoms with Crippen molar-refractivity contribution in [3.05, 3.63) is 35.5 Å². The molecule has 27 heavy (non-hydrogen) atoms. The monoisotopic (exact) mass is 407 g/mol. The van der Waals surface area contributed by atoms with Crippen molar-refractivity contribution in [1.82, 2.24) is 9.88 Å². The number of sulfone groups is 1. The number of halogens is 1. The minimum absolute atomic E-state index is 0.00412. The molecule has 0 saturated carbocycles. The third-order valence-electron chi connectivity index (χ3n) is 4.26. The number of carbonyl (C=O) groups is 1. The minimum Gasteiger partial charge on any atom is -0.301 e. The highest BCUT2D eigenvalue weighted by atomic mass is 32.2. The standard InChI is InChI=1S/C18H18FN3O3S2/c1-2-8-22(15-7-9-27(24,25)12-15)10-17(23)21-18-20-16(11-26-18)13-3-5-14(19)6-4-13/h1,3-6,11,15H,7-10,12H2,(H,20,21,23). The van der Waals surface area contributed by atoms with E-state index in [2.05, 4.69) is 16.2 Å². The lowest BCUT2D eigenvalue weighted by Gasteiger charge is -2.24. The van der Waals surface area contributed by atoms with Crippen molar-refractivity contribution in [2.24, 2.45) is 0 Å². The third kappa shape index (κ3) is 5.13. The van der Waals surface area contributed by atoms with E-state index in [9.17, 15) is 17.6 Å². The first-order valence-corrected chi connectivity index (χ1v) is 11.0. The number of hydrogen-bond donors (Lipinski definition) is 1. The van der Waals surface area contributed by atoms with Crippen molar-refractivity contribution in [2.45, 2.75) is 12.5 Å². The van der Waals surface area contributed by atoms with Crippen LogP contribution in [0.2, 0.25) is 0 Å². The van der Waals surface area contributed by atoms with Crippen LogP contribution in [0.5, 0.6) is 0 Å². The van der Waals surface area contributed by atoms with E-state index < -0.39 is 9.84 Å². The van der Waals surface area contributed by atoms with Gasteiger partial charge in [-0.25, -0.2) is 17.8 Å². The molecule has 1 N–H and O–H groups in total. The topological polar surface area (TPSA) is 79.4 Å². The fourth-order valence-electron chi connectivity index (χ4n) is 2.92. The van der Waals surface area contributed by atoms with Crippen LogP contribution in [0.1, 0.15) is 6.42 Å². The summed E-state index contributed by atoms with van der Waals surface area (Å²) in [6, 6.07) is 5.68. The lowest BCUT2D eigenvalue weighted by Crippen LogP contribution is -2.41. The largest absolute Gasteiger partial charge is 0.301 e. The van der Waals surface area contributed by atoms with Crippen molar-refractivity contribution >= 4 is 32.2 Å². The first-order chi connectivity index (χ1) is 12.9. The van der Waals surface area contributed by atoms with Crippen LogP contribution in [0.3, 0.4) is 0 Å². The van der Waals surface area contributed by atoms with Crippen LogP contribution in [-0.4, -0.2) is 54.8 Å². The Bertz CT molecular complexity index is 964. The molecule has 9 heteroatoms. The number of thiazole rings is 1. The summed E-state index contributed by atoms with van der Waals surface area (Å²) in [5.74, 6) is 1.98. The normalized spacial score (nSPS) is 18.3. The second-order valence-corrected chi connectivity index (χ2v) is 9.35. The van der Waals surface area contributed by atoms with E-state index in [1.807, 2.05) is 0 Å². The summed E-state index contributed by atoms with van der Waals surface area (Å²) in [7, 11) is -3.06. The first-order valence-electron chi connectivity index (χ1n) is 8.25. The maximum absolute atomic E-state index is 13.0. The van der Waals surface area contributed by atoms with Crippen molar-refractivity contribution in [1.29, 1.82) is 0 Å². The van der Waals surface area contributed by atoms with Crippen LogP contribution in [0.4, 0.5) is 9.52 Å². The molecule has 1 aliphatic rings. The Morgan fingerprint density at radius 3 is 2.78 bits per heavy atom. The second kappa shape index (κ2) is 8.17. The van der Waals surface area contributed by atoms with Gasteiger partial charge in [-0.3, -0.25) is 9.69 Å². The molecule has 0 radical (unpaired) electrons. The molecule has 0 aliphatic carbocycles. The Kier molecular flexibility index (Phi) is 5.89. The summed E-state index contributed by atoms with van der Waals surface area (Å²) in [5.41, 5.74) is 1.39. The van der Waals surface area contributed by atoms with E-state index in [4.69, 9.17) is 6.42 Å². The van der Waals surface area contributed by atoms with Gasteiger partial charge < -0.3 is 5.32 Å². The Morgan fingerprint density at radius 1 is 1.41 bits per heavy atom. The van der Waals surface area contributed by atoms with Crippen LogP contribution >= 0.6 is 11.3 Å². The number of benzene rings is 1. The number of hydrogen-bond acceptors (Lipinski definition) is 6. The predicted octanol–water partition coefficient (Wildman–Crippen LogP) is 2.01. The number of nitrogens with zero attached hydrogens (tertiary/aromatic N) is 2. The minimum atomic E-state index is -3.06. The van der Waals surface area contributed by atoms with Gasteiger partial charge >= 0.3 is 0 Å². The SMILES string of the molecule is C#CCN(CC(=O)Nc1nc(-c2ccc(F)cc2)cs1)C1CCS(=O)(=O)C1. The van der Waals surface area contributed by atoms with E-state index in [1.54, 1.807) is 22.4 Å². The van der Waals surface area contributed by atoms with Gasteiger partial charge in [0.15, 0.2) is 15.0 Å². The molecule has 2 heterocycles. The van der Waals surface area contributed by atoms with Gasteiger partial charge in [0.2, 0.25) is 5.91 Å². The summed E-state index contributed by atoms with van der Waals surface area (Å²) in [4.78, 5) is 18.4. The summed E-state index contributed by atoms with van der Waals surface area (Å²) >= 11 is 1.26. The van der Waals surface area contributed by atoms with Crippen LogP contribution < -0.4 is 5.32 Å². The number of carbonyl (C=O) groups excluding carboxylic acids is 1. The molecule has 6 nitrogen and oxygen atoms in total. The molecule has 2 aromatic rings.